The third-order valence-corrected chi connectivity index (χ3v) is 6.02. The molecule has 0 unspecified atom stereocenters. The zero-order chi connectivity index (χ0) is 19.3. The Hall–Kier alpha value is -1.51. The van der Waals surface area contributed by atoms with E-state index in [-0.39, 0.29) is 35.3 Å². The summed E-state index contributed by atoms with van der Waals surface area (Å²) in [4.78, 5) is 18.4. The molecular formula is C21H33IN4O2. The number of amides is 1. The minimum Gasteiger partial charge on any atom is -0.497 e. The van der Waals surface area contributed by atoms with Crippen molar-refractivity contribution in [3.8, 4) is 5.75 Å². The van der Waals surface area contributed by atoms with Crippen molar-refractivity contribution in [2.24, 2.45) is 10.9 Å². The van der Waals surface area contributed by atoms with Crippen molar-refractivity contribution >= 4 is 35.8 Å². The lowest BCUT2D eigenvalue weighted by Crippen LogP contribution is -2.47. The molecule has 1 aliphatic carbocycles. The second kappa shape index (κ2) is 10.3. The largest absolute Gasteiger partial charge is 0.497 e. The van der Waals surface area contributed by atoms with Crippen molar-refractivity contribution in [1.29, 1.82) is 0 Å². The lowest BCUT2D eigenvalue weighted by molar-refractivity contribution is -0.121. The summed E-state index contributed by atoms with van der Waals surface area (Å²) in [5.41, 5.74) is 1.59. The Bertz CT molecular complexity index is 665. The van der Waals surface area contributed by atoms with Crippen molar-refractivity contribution in [3.63, 3.8) is 0 Å². The number of hydrogen-bond acceptors (Lipinski definition) is 3. The summed E-state index contributed by atoms with van der Waals surface area (Å²) in [5.74, 6) is 2.51. The summed E-state index contributed by atoms with van der Waals surface area (Å²) < 4.78 is 5.27. The normalized spacial score (nSPS) is 18.8. The van der Waals surface area contributed by atoms with Gasteiger partial charge < -0.3 is 20.3 Å². The van der Waals surface area contributed by atoms with Gasteiger partial charge in [-0.05, 0) is 49.3 Å². The summed E-state index contributed by atoms with van der Waals surface area (Å²) in [6, 6.07) is 8.45. The number of guanidine groups is 1. The Labute approximate surface area is 185 Å². The first-order chi connectivity index (χ1) is 13.1. The fourth-order valence-electron chi connectivity index (χ4n) is 3.96. The van der Waals surface area contributed by atoms with Crippen LogP contribution in [0.3, 0.4) is 0 Å². The molecule has 7 heteroatoms. The van der Waals surface area contributed by atoms with Crippen LogP contribution in [0.1, 0.15) is 37.7 Å². The summed E-state index contributed by atoms with van der Waals surface area (Å²) in [6.45, 7) is 2.82. The number of nitrogens with one attached hydrogen (secondary N) is 2. The van der Waals surface area contributed by atoms with Gasteiger partial charge in [-0.3, -0.25) is 9.79 Å². The maximum absolute atomic E-state index is 11.6. The Balaban J connectivity index is 0.00000280. The van der Waals surface area contributed by atoms with Crippen LogP contribution in [-0.2, 0) is 10.2 Å². The molecule has 1 aliphatic heterocycles. The van der Waals surface area contributed by atoms with Gasteiger partial charge in [0.15, 0.2) is 5.96 Å². The topological polar surface area (TPSA) is 66.0 Å². The highest BCUT2D eigenvalue weighted by Gasteiger charge is 2.44. The molecule has 1 aromatic carbocycles. The number of aliphatic imine (C=N–C) groups is 1. The average molecular weight is 500 g/mol. The summed E-state index contributed by atoms with van der Waals surface area (Å²) in [7, 11) is 5.26. The molecule has 0 radical (unpaired) electrons. The van der Waals surface area contributed by atoms with Gasteiger partial charge in [0.05, 0.1) is 7.11 Å². The summed E-state index contributed by atoms with van der Waals surface area (Å²) in [6.07, 6.45) is 5.13. The standard InChI is InChI=1S/C21H32N4O2.HI/c1-22-19(26)14-16-8-12-25(13-9-16)20(23-2)24-15-21(10-11-21)17-4-6-18(27-3)7-5-17;/h4-7,16H,8-15H2,1-3H3,(H,22,26)(H,23,24);1H. The van der Waals surface area contributed by atoms with E-state index in [1.54, 1.807) is 14.2 Å². The Kier molecular flexibility index (Phi) is 8.39. The Morgan fingerprint density at radius 2 is 1.89 bits per heavy atom. The van der Waals surface area contributed by atoms with E-state index < -0.39 is 0 Å². The first-order valence-electron chi connectivity index (χ1n) is 9.91. The zero-order valence-electron chi connectivity index (χ0n) is 17.2. The number of piperidine rings is 1. The van der Waals surface area contributed by atoms with Crippen LogP contribution in [0.5, 0.6) is 5.75 Å². The molecule has 1 heterocycles. The maximum atomic E-state index is 11.6. The molecule has 2 fully saturated rings. The van der Waals surface area contributed by atoms with Crippen molar-refractivity contribution in [2.75, 3.05) is 40.8 Å². The van der Waals surface area contributed by atoms with Gasteiger partial charge in [0.2, 0.25) is 5.91 Å². The number of halogens is 1. The highest BCUT2D eigenvalue weighted by atomic mass is 127. The minimum atomic E-state index is 0. The number of carbonyl (C=O) groups is 1. The van der Waals surface area contributed by atoms with Gasteiger partial charge in [-0.1, -0.05) is 12.1 Å². The molecule has 1 amide bonds. The van der Waals surface area contributed by atoms with E-state index in [4.69, 9.17) is 4.74 Å². The van der Waals surface area contributed by atoms with E-state index in [0.717, 1.165) is 44.2 Å². The highest BCUT2D eigenvalue weighted by Crippen LogP contribution is 2.47. The van der Waals surface area contributed by atoms with Gasteiger partial charge in [0.25, 0.3) is 0 Å². The maximum Gasteiger partial charge on any atom is 0.220 e. The molecule has 28 heavy (non-hydrogen) atoms. The minimum absolute atomic E-state index is 0. The lowest BCUT2D eigenvalue weighted by atomic mass is 9.93. The molecule has 1 saturated heterocycles. The van der Waals surface area contributed by atoms with Crippen molar-refractivity contribution in [3.05, 3.63) is 29.8 Å². The third kappa shape index (κ3) is 5.52. The Morgan fingerprint density at radius 1 is 1.25 bits per heavy atom. The molecule has 0 bridgehead atoms. The van der Waals surface area contributed by atoms with Crippen LogP contribution < -0.4 is 15.4 Å². The second-order valence-corrected chi connectivity index (χ2v) is 7.72. The molecule has 1 aromatic rings. The zero-order valence-corrected chi connectivity index (χ0v) is 19.5. The molecule has 0 aromatic heterocycles. The van der Waals surface area contributed by atoms with Crippen LogP contribution in [0.4, 0.5) is 0 Å². The molecule has 1 saturated carbocycles. The smallest absolute Gasteiger partial charge is 0.220 e. The first kappa shape index (κ1) is 22.8. The number of rotatable bonds is 6. The molecule has 2 aliphatic rings. The third-order valence-electron chi connectivity index (χ3n) is 6.02. The van der Waals surface area contributed by atoms with Gasteiger partial charge in [0, 0.05) is 45.6 Å². The van der Waals surface area contributed by atoms with Gasteiger partial charge >= 0.3 is 0 Å². The highest BCUT2D eigenvalue weighted by molar-refractivity contribution is 14.0. The van der Waals surface area contributed by atoms with E-state index >= 15 is 0 Å². The van der Waals surface area contributed by atoms with Crippen LogP contribution in [0.2, 0.25) is 0 Å². The van der Waals surface area contributed by atoms with Gasteiger partial charge in [-0.15, -0.1) is 24.0 Å². The van der Waals surface area contributed by atoms with Crippen molar-refractivity contribution in [1.82, 2.24) is 15.5 Å². The molecule has 2 N–H and O–H groups in total. The van der Waals surface area contributed by atoms with Crippen LogP contribution in [0.25, 0.3) is 0 Å². The predicted octanol–water partition coefficient (Wildman–Crippen LogP) is 2.77. The number of likely N-dealkylation sites (tertiary alicyclic amines) is 1. The van der Waals surface area contributed by atoms with Crippen molar-refractivity contribution in [2.45, 2.75) is 37.5 Å². The fraction of sp³-hybridized carbons (Fsp3) is 0.619. The summed E-state index contributed by atoms with van der Waals surface area (Å²) >= 11 is 0. The first-order valence-corrected chi connectivity index (χ1v) is 9.91. The molecule has 0 spiro atoms. The van der Waals surface area contributed by atoms with E-state index in [2.05, 4.69) is 32.7 Å². The molecular weight excluding hydrogens is 467 g/mol. The van der Waals surface area contributed by atoms with E-state index in [1.165, 1.54) is 18.4 Å². The predicted molar refractivity (Wildman–Crippen MR) is 124 cm³/mol. The van der Waals surface area contributed by atoms with Crippen LogP contribution in [0.15, 0.2) is 29.3 Å². The number of methoxy groups -OCH3 is 1. The quantitative estimate of drug-likeness (QED) is 0.358. The van der Waals surface area contributed by atoms with E-state index in [1.807, 2.05) is 19.2 Å². The second-order valence-electron chi connectivity index (χ2n) is 7.72. The summed E-state index contributed by atoms with van der Waals surface area (Å²) in [5, 5.41) is 6.33. The van der Waals surface area contributed by atoms with Crippen molar-refractivity contribution < 1.29 is 9.53 Å². The van der Waals surface area contributed by atoms with E-state index in [0.29, 0.717) is 12.3 Å². The van der Waals surface area contributed by atoms with E-state index in [9.17, 15) is 4.79 Å². The average Bonchev–Trinajstić information content (AvgIpc) is 3.50. The molecule has 0 atom stereocenters. The number of hydrogen-bond donors (Lipinski definition) is 2. The monoisotopic (exact) mass is 500 g/mol. The Morgan fingerprint density at radius 3 is 2.39 bits per heavy atom. The number of carbonyl (C=O) groups excluding carboxylic acids is 1. The lowest BCUT2D eigenvalue weighted by Gasteiger charge is -2.34. The van der Waals surface area contributed by atoms with Gasteiger partial charge in [-0.2, -0.15) is 0 Å². The molecule has 6 nitrogen and oxygen atoms in total. The number of benzene rings is 1. The SMILES string of the molecule is CN=C(NCC1(c2ccc(OC)cc2)CC1)N1CCC(CC(=O)NC)CC1.I. The number of nitrogens with zero attached hydrogens (tertiary/aromatic N) is 2. The number of ether oxygens (including phenoxy) is 1. The van der Waals surface area contributed by atoms with Gasteiger partial charge in [0.1, 0.15) is 5.75 Å². The van der Waals surface area contributed by atoms with Crippen LogP contribution in [-0.4, -0.2) is 57.6 Å². The molecule has 3 rings (SSSR count). The van der Waals surface area contributed by atoms with Crippen LogP contribution in [0, 0.1) is 5.92 Å². The molecule has 156 valence electrons. The van der Waals surface area contributed by atoms with Crippen LogP contribution >= 0.6 is 24.0 Å². The van der Waals surface area contributed by atoms with Gasteiger partial charge in [-0.25, -0.2) is 0 Å². The fourth-order valence-corrected chi connectivity index (χ4v) is 3.96.